The predicted molar refractivity (Wildman–Crippen MR) is 95.4 cm³/mol. The lowest BCUT2D eigenvalue weighted by molar-refractivity contribution is 0.0624. The van der Waals surface area contributed by atoms with E-state index in [1.807, 2.05) is 36.1 Å². The molecule has 134 valence electrons. The Bertz CT molecular complexity index is 723. The van der Waals surface area contributed by atoms with E-state index in [0.717, 1.165) is 37.3 Å². The molecule has 25 heavy (non-hydrogen) atoms. The summed E-state index contributed by atoms with van der Waals surface area (Å²) in [6, 6.07) is 7.76. The van der Waals surface area contributed by atoms with Gasteiger partial charge in [0.15, 0.2) is 5.82 Å². The smallest absolute Gasteiger partial charge is 0.253 e. The van der Waals surface area contributed by atoms with Crippen LogP contribution in [0.4, 0.5) is 0 Å². The second-order valence-electron chi connectivity index (χ2n) is 7.70. The van der Waals surface area contributed by atoms with E-state index < -0.39 is 0 Å². The van der Waals surface area contributed by atoms with E-state index in [1.54, 1.807) is 0 Å². The monoisotopic (exact) mass is 342 g/mol. The van der Waals surface area contributed by atoms with Crippen molar-refractivity contribution in [3.05, 3.63) is 47.1 Å². The summed E-state index contributed by atoms with van der Waals surface area (Å²) in [6.45, 7) is 11.9. The highest BCUT2D eigenvalue weighted by Gasteiger charge is 2.25. The topological polar surface area (TPSA) is 62.5 Å². The molecule has 2 aromatic rings. The molecule has 0 radical (unpaired) electrons. The minimum Gasteiger partial charge on any atom is -0.339 e. The van der Waals surface area contributed by atoms with Gasteiger partial charge < -0.3 is 9.42 Å². The van der Waals surface area contributed by atoms with Gasteiger partial charge in [0.05, 0.1) is 6.54 Å². The molecule has 1 aliphatic rings. The molecule has 6 heteroatoms. The molecule has 1 amide bonds. The van der Waals surface area contributed by atoms with Gasteiger partial charge >= 0.3 is 0 Å². The number of benzene rings is 1. The van der Waals surface area contributed by atoms with Crippen LogP contribution in [-0.2, 0) is 12.0 Å². The molecule has 0 atom stereocenters. The van der Waals surface area contributed by atoms with E-state index in [9.17, 15) is 4.79 Å². The minimum atomic E-state index is -0.135. The first-order valence-electron chi connectivity index (χ1n) is 8.74. The van der Waals surface area contributed by atoms with E-state index in [-0.39, 0.29) is 11.3 Å². The van der Waals surface area contributed by atoms with E-state index in [4.69, 9.17) is 4.52 Å². The summed E-state index contributed by atoms with van der Waals surface area (Å²) in [5.74, 6) is 1.48. The average molecular weight is 342 g/mol. The summed E-state index contributed by atoms with van der Waals surface area (Å²) in [6.07, 6.45) is 0. The zero-order chi connectivity index (χ0) is 18.0. The third-order valence-corrected chi connectivity index (χ3v) is 4.43. The van der Waals surface area contributed by atoms with Crippen molar-refractivity contribution in [2.45, 2.75) is 39.7 Å². The predicted octanol–water partition coefficient (Wildman–Crippen LogP) is 2.63. The lowest BCUT2D eigenvalue weighted by atomic mass is 9.97. The molecular weight excluding hydrogens is 316 g/mol. The lowest BCUT2D eigenvalue weighted by Gasteiger charge is -2.34. The third-order valence-electron chi connectivity index (χ3n) is 4.43. The first kappa shape index (κ1) is 17.6. The maximum absolute atomic E-state index is 12.6. The fraction of sp³-hybridized carbons (Fsp3) is 0.526. The molecule has 1 aromatic carbocycles. The van der Waals surface area contributed by atoms with Crippen LogP contribution in [0.15, 0.2) is 28.8 Å². The second kappa shape index (κ2) is 6.96. The second-order valence-corrected chi connectivity index (χ2v) is 7.70. The Hall–Kier alpha value is -2.21. The highest BCUT2D eigenvalue weighted by molar-refractivity contribution is 5.94. The first-order valence-corrected chi connectivity index (χ1v) is 8.74. The molecule has 1 aromatic heterocycles. The van der Waals surface area contributed by atoms with Gasteiger partial charge in [0, 0.05) is 37.2 Å². The van der Waals surface area contributed by atoms with Gasteiger partial charge in [-0.1, -0.05) is 43.6 Å². The third kappa shape index (κ3) is 4.25. The van der Waals surface area contributed by atoms with Crippen molar-refractivity contribution >= 4 is 5.91 Å². The van der Waals surface area contributed by atoms with Gasteiger partial charge in [-0.25, -0.2) is 0 Å². The standard InChI is InChI=1S/C19H26N4O2/c1-14-5-7-15(8-6-14)17(24)23-11-9-22(10-12-23)13-16-20-18(25-21-16)19(2,3)4/h5-8H,9-13H2,1-4H3. The van der Waals surface area contributed by atoms with Gasteiger partial charge in [-0.15, -0.1) is 0 Å². The molecule has 0 saturated carbocycles. The fourth-order valence-electron chi connectivity index (χ4n) is 2.81. The molecular formula is C19H26N4O2. The molecule has 1 fully saturated rings. The number of rotatable bonds is 3. The van der Waals surface area contributed by atoms with Crippen LogP contribution >= 0.6 is 0 Å². The summed E-state index contributed by atoms with van der Waals surface area (Å²) < 4.78 is 5.35. The SMILES string of the molecule is Cc1ccc(C(=O)N2CCN(Cc3noc(C(C)(C)C)n3)CC2)cc1. The summed E-state index contributed by atoms with van der Waals surface area (Å²) in [5.41, 5.74) is 1.79. The lowest BCUT2D eigenvalue weighted by Crippen LogP contribution is -2.48. The maximum atomic E-state index is 12.6. The number of aromatic nitrogens is 2. The summed E-state index contributed by atoms with van der Waals surface area (Å²) >= 11 is 0. The van der Waals surface area contributed by atoms with Crippen LogP contribution in [-0.4, -0.2) is 52.0 Å². The highest BCUT2D eigenvalue weighted by Crippen LogP contribution is 2.20. The number of amides is 1. The first-order chi connectivity index (χ1) is 11.8. The van der Waals surface area contributed by atoms with Crippen molar-refractivity contribution in [3.63, 3.8) is 0 Å². The number of hydrogen-bond acceptors (Lipinski definition) is 5. The largest absolute Gasteiger partial charge is 0.339 e. The van der Waals surface area contributed by atoms with Crippen molar-refractivity contribution in [2.75, 3.05) is 26.2 Å². The Kier molecular flexibility index (Phi) is 4.90. The molecule has 0 unspecified atom stereocenters. The number of carbonyl (C=O) groups is 1. The Morgan fingerprint density at radius 2 is 1.76 bits per heavy atom. The van der Waals surface area contributed by atoms with Gasteiger partial charge in [0.2, 0.25) is 5.89 Å². The van der Waals surface area contributed by atoms with E-state index in [0.29, 0.717) is 18.3 Å². The molecule has 0 N–H and O–H groups in total. The van der Waals surface area contributed by atoms with Crippen LogP contribution in [0.25, 0.3) is 0 Å². The van der Waals surface area contributed by atoms with E-state index >= 15 is 0 Å². The number of carbonyl (C=O) groups excluding carboxylic acids is 1. The van der Waals surface area contributed by atoms with Crippen LogP contribution in [0.1, 0.15) is 48.4 Å². The van der Waals surface area contributed by atoms with Crippen molar-refractivity contribution in [2.24, 2.45) is 0 Å². The number of piperazine rings is 1. The highest BCUT2D eigenvalue weighted by atomic mass is 16.5. The molecule has 3 rings (SSSR count). The molecule has 2 heterocycles. The fourth-order valence-corrected chi connectivity index (χ4v) is 2.81. The zero-order valence-corrected chi connectivity index (χ0v) is 15.5. The van der Waals surface area contributed by atoms with Gasteiger partial charge in [0.1, 0.15) is 0 Å². The Balaban J connectivity index is 1.54. The quantitative estimate of drug-likeness (QED) is 0.858. The number of nitrogens with zero attached hydrogens (tertiary/aromatic N) is 4. The number of aryl methyl sites for hydroxylation is 1. The Labute approximate surface area is 148 Å². The van der Waals surface area contributed by atoms with Crippen LogP contribution in [0.3, 0.4) is 0 Å². The van der Waals surface area contributed by atoms with Crippen molar-refractivity contribution in [1.29, 1.82) is 0 Å². The van der Waals surface area contributed by atoms with Gasteiger partial charge in [0.25, 0.3) is 5.91 Å². The maximum Gasteiger partial charge on any atom is 0.253 e. The van der Waals surface area contributed by atoms with Crippen LogP contribution in [0.2, 0.25) is 0 Å². The normalized spacial score (nSPS) is 16.2. The molecule has 1 aliphatic heterocycles. The molecule has 6 nitrogen and oxygen atoms in total. The van der Waals surface area contributed by atoms with Gasteiger partial charge in [-0.05, 0) is 19.1 Å². The van der Waals surface area contributed by atoms with Crippen LogP contribution < -0.4 is 0 Å². The average Bonchev–Trinajstić information content (AvgIpc) is 3.04. The minimum absolute atomic E-state index is 0.106. The summed E-state index contributed by atoms with van der Waals surface area (Å²) in [5, 5.41) is 4.08. The molecule has 0 bridgehead atoms. The Morgan fingerprint density at radius 1 is 1.12 bits per heavy atom. The van der Waals surface area contributed by atoms with Crippen LogP contribution in [0, 0.1) is 6.92 Å². The van der Waals surface area contributed by atoms with Crippen LogP contribution in [0.5, 0.6) is 0 Å². The molecule has 0 spiro atoms. The van der Waals surface area contributed by atoms with E-state index in [2.05, 4.69) is 35.8 Å². The molecule has 1 saturated heterocycles. The molecule has 0 aliphatic carbocycles. The van der Waals surface area contributed by atoms with Crippen molar-refractivity contribution < 1.29 is 9.32 Å². The van der Waals surface area contributed by atoms with Gasteiger partial charge in [-0.2, -0.15) is 4.98 Å². The number of hydrogen-bond donors (Lipinski definition) is 0. The van der Waals surface area contributed by atoms with Crippen molar-refractivity contribution in [1.82, 2.24) is 19.9 Å². The Morgan fingerprint density at radius 3 is 2.32 bits per heavy atom. The van der Waals surface area contributed by atoms with Gasteiger partial charge in [-0.3, -0.25) is 9.69 Å². The van der Waals surface area contributed by atoms with E-state index in [1.165, 1.54) is 0 Å². The van der Waals surface area contributed by atoms with Crippen molar-refractivity contribution in [3.8, 4) is 0 Å². The summed E-state index contributed by atoms with van der Waals surface area (Å²) in [7, 11) is 0. The zero-order valence-electron chi connectivity index (χ0n) is 15.5. The summed E-state index contributed by atoms with van der Waals surface area (Å²) in [4.78, 5) is 21.2.